The van der Waals surface area contributed by atoms with Crippen LogP contribution in [-0.4, -0.2) is 30.6 Å². The number of nitrogens with zero attached hydrogens (tertiary/aromatic N) is 1. The minimum absolute atomic E-state index is 0.614. The molecule has 0 aliphatic heterocycles. The van der Waals surface area contributed by atoms with Gasteiger partial charge in [0, 0.05) is 18.8 Å². The van der Waals surface area contributed by atoms with Crippen molar-refractivity contribution in [2.45, 2.75) is 13.8 Å². The largest absolute Gasteiger partial charge is 0.491 e. The predicted molar refractivity (Wildman–Crippen MR) is 81.1 cm³/mol. The molecule has 3 nitrogen and oxygen atoms in total. The van der Waals surface area contributed by atoms with Crippen LogP contribution in [0.4, 0.5) is 0 Å². The van der Waals surface area contributed by atoms with Crippen molar-refractivity contribution in [2.24, 2.45) is 4.99 Å². The van der Waals surface area contributed by atoms with E-state index < -0.39 is 0 Å². The Morgan fingerprint density at radius 3 is 2.83 bits per heavy atom. The second-order valence-electron chi connectivity index (χ2n) is 3.44. The van der Waals surface area contributed by atoms with Crippen LogP contribution in [0.25, 0.3) is 0 Å². The molecule has 18 heavy (non-hydrogen) atoms. The average Bonchev–Trinajstić information content (AvgIpc) is 2.37. The third-order valence-electron chi connectivity index (χ3n) is 2.05. The second-order valence-corrected chi connectivity index (χ2v) is 4.93. The Morgan fingerprint density at radius 1 is 1.39 bits per heavy atom. The number of aliphatic imine (C=N–C) groups is 1. The number of ether oxygens (including phenoxy) is 1. The van der Waals surface area contributed by atoms with Gasteiger partial charge in [0.15, 0.2) is 5.17 Å². The normalized spacial score (nSPS) is 11.4. The summed E-state index contributed by atoms with van der Waals surface area (Å²) in [5.74, 6) is 1.58. The highest BCUT2D eigenvalue weighted by atomic mass is 35.5. The smallest absolute Gasteiger partial charge is 0.156 e. The lowest BCUT2D eigenvalue weighted by Gasteiger charge is -2.09. The van der Waals surface area contributed by atoms with E-state index >= 15 is 0 Å². The van der Waals surface area contributed by atoms with E-state index in [1.54, 1.807) is 11.8 Å². The fourth-order valence-corrected chi connectivity index (χ4v) is 2.32. The Balaban J connectivity index is 2.30. The fraction of sp³-hybridized carbons (Fsp3) is 0.462. The number of thioether (sulfide) groups is 1. The highest BCUT2D eigenvalue weighted by molar-refractivity contribution is 8.13. The van der Waals surface area contributed by atoms with Gasteiger partial charge in [-0.1, -0.05) is 35.5 Å². The summed E-state index contributed by atoms with van der Waals surface area (Å²) in [6.07, 6.45) is 0. The molecule has 0 saturated carbocycles. The van der Waals surface area contributed by atoms with Crippen molar-refractivity contribution < 1.29 is 4.74 Å². The molecule has 0 saturated heterocycles. The van der Waals surface area contributed by atoms with Crippen molar-refractivity contribution in [1.82, 2.24) is 5.32 Å². The van der Waals surface area contributed by atoms with Crippen LogP contribution in [-0.2, 0) is 0 Å². The van der Waals surface area contributed by atoms with E-state index in [0.717, 1.165) is 29.8 Å². The van der Waals surface area contributed by atoms with Crippen molar-refractivity contribution >= 4 is 28.5 Å². The molecule has 100 valence electrons. The summed E-state index contributed by atoms with van der Waals surface area (Å²) in [7, 11) is 0. The summed E-state index contributed by atoms with van der Waals surface area (Å²) >= 11 is 7.66. The molecule has 0 amide bonds. The first kappa shape index (κ1) is 15.2. The second kappa shape index (κ2) is 9.11. The number of hydrogen-bond acceptors (Lipinski definition) is 3. The van der Waals surface area contributed by atoms with Gasteiger partial charge in [0.05, 0.1) is 11.6 Å². The number of amidine groups is 1. The van der Waals surface area contributed by atoms with Crippen molar-refractivity contribution in [3.05, 3.63) is 29.3 Å². The van der Waals surface area contributed by atoms with Gasteiger partial charge in [-0.15, -0.1) is 0 Å². The first-order chi connectivity index (χ1) is 8.77. The maximum atomic E-state index is 6.00. The van der Waals surface area contributed by atoms with Gasteiger partial charge >= 0.3 is 0 Å². The van der Waals surface area contributed by atoms with Gasteiger partial charge in [0.25, 0.3) is 0 Å². The summed E-state index contributed by atoms with van der Waals surface area (Å²) in [5.41, 5.74) is 0. The zero-order valence-corrected chi connectivity index (χ0v) is 12.4. The van der Waals surface area contributed by atoms with E-state index in [1.807, 2.05) is 31.2 Å². The average molecular weight is 287 g/mol. The number of halogens is 1. The fourth-order valence-electron chi connectivity index (χ4n) is 1.30. The zero-order chi connectivity index (χ0) is 13.2. The number of benzene rings is 1. The molecule has 0 heterocycles. The van der Waals surface area contributed by atoms with Gasteiger partial charge in [0.1, 0.15) is 5.75 Å². The topological polar surface area (TPSA) is 33.6 Å². The number of hydrogen-bond donors (Lipinski definition) is 1. The Bertz CT molecular complexity index is 385. The molecule has 0 unspecified atom stereocenters. The lowest BCUT2D eigenvalue weighted by molar-refractivity contribution is 0.344. The van der Waals surface area contributed by atoms with Gasteiger partial charge in [0.2, 0.25) is 0 Å². The van der Waals surface area contributed by atoms with E-state index in [4.69, 9.17) is 16.3 Å². The summed E-state index contributed by atoms with van der Waals surface area (Å²) in [6, 6.07) is 7.50. The summed E-state index contributed by atoms with van der Waals surface area (Å²) in [6.45, 7) is 6.38. The van der Waals surface area contributed by atoms with Crippen molar-refractivity contribution in [3.63, 3.8) is 0 Å². The van der Waals surface area contributed by atoms with E-state index in [1.165, 1.54) is 0 Å². The SMILES string of the molecule is CCN=C(NCC)SCCOc1ccccc1Cl. The van der Waals surface area contributed by atoms with E-state index in [2.05, 4.69) is 17.2 Å². The highest BCUT2D eigenvalue weighted by Gasteiger charge is 2.01. The summed E-state index contributed by atoms with van der Waals surface area (Å²) in [4.78, 5) is 4.36. The van der Waals surface area contributed by atoms with Crippen LogP contribution in [0.2, 0.25) is 5.02 Å². The predicted octanol–water partition coefficient (Wildman–Crippen LogP) is 3.44. The molecule has 0 aliphatic carbocycles. The van der Waals surface area contributed by atoms with Gasteiger partial charge in [-0.05, 0) is 26.0 Å². The van der Waals surface area contributed by atoms with Crippen molar-refractivity contribution in [1.29, 1.82) is 0 Å². The molecule has 0 aromatic heterocycles. The van der Waals surface area contributed by atoms with E-state index in [-0.39, 0.29) is 0 Å². The molecule has 0 atom stereocenters. The minimum atomic E-state index is 0.614. The molecular formula is C13H19ClN2OS. The third kappa shape index (κ3) is 5.65. The third-order valence-corrected chi connectivity index (χ3v) is 3.28. The maximum absolute atomic E-state index is 6.00. The van der Waals surface area contributed by atoms with Gasteiger partial charge in [-0.2, -0.15) is 0 Å². The van der Waals surface area contributed by atoms with Crippen molar-refractivity contribution in [3.8, 4) is 5.75 Å². The standard InChI is InChI=1S/C13H19ClN2OS/c1-3-15-13(16-4-2)18-10-9-17-12-8-6-5-7-11(12)14/h5-8H,3-4,9-10H2,1-2H3,(H,15,16). The van der Waals surface area contributed by atoms with Crippen molar-refractivity contribution in [2.75, 3.05) is 25.4 Å². The molecule has 5 heteroatoms. The molecule has 0 radical (unpaired) electrons. The Labute approximate surface area is 118 Å². The van der Waals surface area contributed by atoms with Crippen LogP contribution in [0.5, 0.6) is 5.75 Å². The molecule has 1 aromatic carbocycles. The molecular weight excluding hydrogens is 268 g/mol. The van der Waals surface area contributed by atoms with Gasteiger partial charge in [-0.25, -0.2) is 0 Å². The number of rotatable bonds is 6. The van der Waals surface area contributed by atoms with Crippen LogP contribution >= 0.6 is 23.4 Å². The highest BCUT2D eigenvalue weighted by Crippen LogP contribution is 2.23. The molecule has 0 fully saturated rings. The lowest BCUT2D eigenvalue weighted by atomic mass is 10.3. The number of para-hydroxylation sites is 1. The molecule has 1 N–H and O–H groups in total. The first-order valence-electron chi connectivity index (χ1n) is 6.06. The summed E-state index contributed by atoms with van der Waals surface area (Å²) < 4.78 is 5.61. The van der Waals surface area contributed by atoms with Gasteiger partial charge < -0.3 is 10.1 Å². The minimum Gasteiger partial charge on any atom is -0.491 e. The molecule has 1 aromatic rings. The Hall–Kier alpha value is -0.870. The van der Waals surface area contributed by atoms with Crippen LogP contribution in [0.1, 0.15) is 13.8 Å². The molecule has 1 rings (SSSR count). The monoisotopic (exact) mass is 286 g/mol. The number of nitrogens with one attached hydrogen (secondary N) is 1. The lowest BCUT2D eigenvalue weighted by Crippen LogP contribution is -2.21. The Morgan fingerprint density at radius 2 is 2.17 bits per heavy atom. The maximum Gasteiger partial charge on any atom is 0.156 e. The van der Waals surface area contributed by atoms with Crippen LogP contribution < -0.4 is 10.1 Å². The van der Waals surface area contributed by atoms with Crippen LogP contribution in [0.15, 0.2) is 29.3 Å². The summed E-state index contributed by atoms with van der Waals surface area (Å²) in [5, 5.41) is 4.85. The molecule has 0 aliphatic rings. The zero-order valence-electron chi connectivity index (χ0n) is 10.8. The van der Waals surface area contributed by atoms with E-state index in [0.29, 0.717) is 11.6 Å². The quantitative estimate of drug-likeness (QED) is 0.494. The van der Waals surface area contributed by atoms with Crippen LogP contribution in [0, 0.1) is 0 Å². The molecule has 0 spiro atoms. The van der Waals surface area contributed by atoms with Gasteiger partial charge in [-0.3, -0.25) is 4.99 Å². The first-order valence-corrected chi connectivity index (χ1v) is 7.42. The van der Waals surface area contributed by atoms with E-state index in [9.17, 15) is 0 Å². The Kier molecular flexibility index (Phi) is 7.69. The molecule has 0 bridgehead atoms. The van der Waals surface area contributed by atoms with Crippen LogP contribution in [0.3, 0.4) is 0 Å².